The van der Waals surface area contributed by atoms with Crippen molar-refractivity contribution in [1.82, 2.24) is 10.1 Å². The Bertz CT molecular complexity index is 183. The fraction of sp³-hybridized carbons (Fsp3) is 0. The summed E-state index contributed by atoms with van der Waals surface area (Å²) in [5, 5.41) is 2.68. The van der Waals surface area contributed by atoms with Crippen LogP contribution in [0.4, 0.5) is 0 Å². The number of nitrogens with zero attached hydrogens (tertiary/aromatic N) is 2. The Morgan fingerprint density at radius 2 is 2.62 bits per heavy atom. The van der Waals surface area contributed by atoms with Crippen LogP contribution in [0.15, 0.2) is 16.1 Å². The average molecular weight is 133 g/mol. The van der Waals surface area contributed by atoms with E-state index in [1.54, 1.807) is 0 Å². The molecule has 1 atom stereocenters. The van der Waals surface area contributed by atoms with Crippen LogP contribution in [-0.2, 0) is 11.1 Å². The number of aromatic nitrogens is 2. The van der Waals surface area contributed by atoms with Gasteiger partial charge in [0.1, 0.15) is 0 Å². The number of hydrogen-bond donors (Lipinski definition) is 0. The van der Waals surface area contributed by atoms with Gasteiger partial charge in [-0.05, 0) is 0 Å². The highest BCUT2D eigenvalue weighted by Gasteiger charge is 1.93. The summed E-state index contributed by atoms with van der Waals surface area (Å²) in [6.45, 7) is 0. The highest BCUT2D eigenvalue weighted by Crippen LogP contribution is 1.93. The molecule has 6 heteroatoms. The molecule has 8 heavy (non-hydrogen) atoms. The third-order valence-electron chi connectivity index (χ3n) is 0.484. The highest BCUT2D eigenvalue weighted by molar-refractivity contribution is 7.78. The maximum Gasteiger partial charge on any atom is 0.302 e. The lowest BCUT2D eigenvalue weighted by Crippen LogP contribution is -1.86. The maximum atomic E-state index is 9.87. The van der Waals surface area contributed by atoms with E-state index < -0.39 is 11.1 Å². The molecule has 1 aromatic heterocycles. The molecule has 0 aromatic carbocycles. The second-order valence-electron chi connectivity index (χ2n) is 0.942. The summed E-state index contributed by atoms with van der Waals surface area (Å²) >= 11 is -2.39. The van der Waals surface area contributed by atoms with E-state index in [0.717, 1.165) is 6.33 Å². The van der Waals surface area contributed by atoms with Crippen molar-refractivity contribution in [2.24, 2.45) is 0 Å². The lowest BCUT2D eigenvalue weighted by atomic mass is 11.3. The third-order valence-corrected chi connectivity index (χ3v) is 0.949. The van der Waals surface area contributed by atoms with E-state index in [1.807, 2.05) is 0 Å². The molecule has 1 unspecified atom stereocenters. The van der Waals surface area contributed by atoms with Gasteiger partial charge in [-0.3, -0.25) is 4.21 Å². The van der Waals surface area contributed by atoms with E-state index in [1.165, 1.54) is 0 Å². The van der Waals surface area contributed by atoms with Gasteiger partial charge in [-0.15, -0.1) is 0 Å². The van der Waals surface area contributed by atoms with Gasteiger partial charge in [0.05, 0.1) is 0 Å². The van der Waals surface area contributed by atoms with E-state index in [-0.39, 0.29) is 5.22 Å². The minimum atomic E-state index is -2.39. The molecule has 1 heterocycles. The largest absolute Gasteiger partial charge is 0.765 e. The number of hydrogen-bond acceptors (Lipinski definition) is 5. The quantitative estimate of drug-likeness (QED) is 0.473. The van der Waals surface area contributed by atoms with Gasteiger partial charge in [0.15, 0.2) is 6.33 Å². The molecule has 0 amide bonds. The Morgan fingerprint density at radius 3 is 2.88 bits per heavy atom. The van der Waals surface area contributed by atoms with Crippen molar-refractivity contribution in [3.63, 3.8) is 0 Å². The van der Waals surface area contributed by atoms with Gasteiger partial charge in [0, 0.05) is 11.1 Å². The Balaban J connectivity index is 2.93. The van der Waals surface area contributed by atoms with Crippen molar-refractivity contribution < 1.29 is 13.3 Å². The van der Waals surface area contributed by atoms with Crippen LogP contribution in [0.25, 0.3) is 0 Å². The van der Waals surface area contributed by atoms with Gasteiger partial charge in [-0.25, -0.2) is 0 Å². The van der Waals surface area contributed by atoms with Crippen LogP contribution in [0.5, 0.6) is 0 Å². The Kier molecular flexibility index (Phi) is 1.36. The smallest absolute Gasteiger partial charge is 0.302 e. The molecule has 0 spiro atoms. The first-order valence-electron chi connectivity index (χ1n) is 1.66. The van der Waals surface area contributed by atoms with Gasteiger partial charge >= 0.3 is 5.22 Å². The molecule has 0 saturated heterocycles. The fourth-order valence-electron chi connectivity index (χ4n) is 0.236. The molecule has 0 aliphatic carbocycles. The minimum Gasteiger partial charge on any atom is -0.765 e. The van der Waals surface area contributed by atoms with Crippen LogP contribution in [-0.4, -0.2) is 18.9 Å². The lowest BCUT2D eigenvalue weighted by Gasteiger charge is -1.92. The van der Waals surface area contributed by atoms with Crippen molar-refractivity contribution >= 4 is 11.1 Å². The molecule has 0 N–H and O–H groups in total. The van der Waals surface area contributed by atoms with Crippen molar-refractivity contribution in [2.45, 2.75) is 5.22 Å². The average Bonchev–Trinajstić information content (AvgIpc) is 2.12. The molecule has 1 aromatic rings. The van der Waals surface area contributed by atoms with E-state index >= 15 is 0 Å². The summed E-state index contributed by atoms with van der Waals surface area (Å²) in [5.41, 5.74) is 0. The Morgan fingerprint density at radius 1 is 1.88 bits per heavy atom. The first kappa shape index (κ1) is 5.39. The zero-order valence-corrected chi connectivity index (χ0v) is 4.42. The summed E-state index contributed by atoms with van der Waals surface area (Å²) in [7, 11) is 0. The lowest BCUT2D eigenvalue weighted by molar-refractivity contribution is 0.324. The molecule has 5 nitrogen and oxygen atoms in total. The first-order chi connectivity index (χ1) is 3.80. The summed E-state index contributed by atoms with van der Waals surface area (Å²) in [5.74, 6) is 0. The molecule has 0 aliphatic rings. The summed E-state index contributed by atoms with van der Waals surface area (Å²) in [6, 6.07) is 0. The van der Waals surface area contributed by atoms with Crippen molar-refractivity contribution in [1.29, 1.82) is 0 Å². The molecular formula is C2HN2O3S-. The molecule has 0 bridgehead atoms. The van der Waals surface area contributed by atoms with E-state index in [0.29, 0.717) is 0 Å². The maximum absolute atomic E-state index is 9.87. The van der Waals surface area contributed by atoms with Crippen molar-refractivity contribution in [3.05, 3.63) is 6.33 Å². The monoisotopic (exact) mass is 133 g/mol. The van der Waals surface area contributed by atoms with E-state index in [9.17, 15) is 8.76 Å². The number of rotatable bonds is 1. The Hall–Kier alpha value is -0.750. The zero-order chi connectivity index (χ0) is 5.98. The Labute approximate surface area is 47.0 Å². The van der Waals surface area contributed by atoms with Gasteiger partial charge < -0.3 is 9.08 Å². The predicted octanol–water partition coefficient (Wildman–Crippen LogP) is -0.692. The van der Waals surface area contributed by atoms with Crippen LogP contribution in [0, 0.1) is 0 Å². The van der Waals surface area contributed by atoms with Crippen LogP contribution < -0.4 is 0 Å². The van der Waals surface area contributed by atoms with Crippen molar-refractivity contribution in [2.75, 3.05) is 0 Å². The van der Waals surface area contributed by atoms with Crippen LogP contribution >= 0.6 is 0 Å². The summed E-state index contributed by atoms with van der Waals surface area (Å²) in [4.78, 5) is 3.23. The SMILES string of the molecule is O=S([O-])c1ncno1. The van der Waals surface area contributed by atoms with E-state index in [4.69, 9.17) is 0 Å². The second kappa shape index (κ2) is 2.01. The standard InChI is InChI=1S/C2H2N2O3S/c5-8(6)2-3-1-4-7-2/h1H,(H,5,6)/p-1. The summed E-state index contributed by atoms with van der Waals surface area (Å²) < 4.78 is 23.9. The third kappa shape index (κ3) is 0.903. The predicted molar refractivity (Wildman–Crippen MR) is 21.5 cm³/mol. The molecular weight excluding hydrogens is 132 g/mol. The van der Waals surface area contributed by atoms with Crippen LogP contribution in [0.3, 0.4) is 0 Å². The molecule has 0 saturated carbocycles. The van der Waals surface area contributed by atoms with Gasteiger partial charge in [-0.1, -0.05) is 5.16 Å². The molecule has 0 fully saturated rings. The summed E-state index contributed by atoms with van der Waals surface area (Å²) in [6.07, 6.45) is 1.02. The van der Waals surface area contributed by atoms with Gasteiger partial charge in [0.25, 0.3) is 0 Å². The molecule has 1 rings (SSSR count). The fourth-order valence-corrected chi connectivity index (χ4v) is 0.473. The molecule has 0 aliphatic heterocycles. The van der Waals surface area contributed by atoms with Crippen LogP contribution in [0.2, 0.25) is 0 Å². The van der Waals surface area contributed by atoms with Gasteiger partial charge in [0.2, 0.25) is 0 Å². The van der Waals surface area contributed by atoms with Crippen LogP contribution in [0.1, 0.15) is 0 Å². The van der Waals surface area contributed by atoms with Gasteiger partial charge in [-0.2, -0.15) is 4.98 Å². The minimum absolute atomic E-state index is 0.384. The first-order valence-corrected chi connectivity index (χ1v) is 2.74. The topological polar surface area (TPSA) is 79.0 Å². The second-order valence-corrected chi connectivity index (χ2v) is 1.76. The normalized spacial score (nSPS) is 13.6. The van der Waals surface area contributed by atoms with Crippen molar-refractivity contribution in [3.8, 4) is 0 Å². The molecule has 0 radical (unpaired) electrons. The van der Waals surface area contributed by atoms with E-state index in [2.05, 4.69) is 14.7 Å². The zero-order valence-electron chi connectivity index (χ0n) is 3.60. The highest BCUT2D eigenvalue weighted by atomic mass is 32.2. The molecule has 44 valence electrons.